The van der Waals surface area contributed by atoms with Gasteiger partial charge in [0.25, 0.3) is 0 Å². The number of halogens is 1. The molecule has 2 atom stereocenters. The van der Waals surface area contributed by atoms with Crippen LogP contribution in [-0.4, -0.2) is 35.3 Å². The van der Waals surface area contributed by atoms with E-state index in [0.29, 0.717) is 22.9 Å². The van der Waals surface area contributed by atoms with Crippen LogP contribution in [0.3, 0.4) is 0 Å². The molecule has 3 heterocycles. The zero-order valence-corrected chi connectivity index (χ0v) is 9.52. The number of nitrogens with two attached hydrogens (primary N) is 1. The summed E-state index contributed by atoms with van der Waals surface area (Å²) in [6.07, 6.45) is 3.72. The van der Waals surface area contributed by atoms with Crippen LogP contribution in [0.4, 0.5) is 11.6 Å². The lowest BCUT2D eigenvalue weighted by Crippen LogP contribution is -2.46. The lowest BCUT2D eigenvalue weighted by Gasteiger charge is -2.35. The van der Waals surface area contributed by atoms with Crippen molar-refractivity contribution in [3.8, 4) is 0 Å². The summed E-state index contributed by atoms with van der Waals surface area (Å²) >= 11 is 6.15. The van der Waals surface area contributed by atoms with Crippen molar-refractivity contribution in [1.82, 2.24) is 9.97 Å². The minimum absolute atomic E-state index is 0.345. The van der Waals surface area contributed by atoms with E-state index in [9.17, 15) is 0 Å². The fraction of sp³-hybridized carbons (Fsp3) is 0.600. The number of hydrogen-bond donors (Lipinski definition) is 1. The molecule has 1 aromatic heterocycles. The fourth-order valence-electron chi connectivity index (χ4n) is 2.53. The van der Waals surface area contributed by atoms with Crippen LogP contribution in [0.25, 0.3) is 0 Å². The lowest BCUT2D eigenvalue weighted by atomic mass is 10.2. The highest BCUT2D eigenvalue weighted by Crippen LogP contribution is 2.37. The third-order valence-electron chi connectivity index (χ3n) is 3.28. The number of ether oxygens (including phenoxy) is 1. The molecule has 0 spiro atoms. The van der Waals surface area contributed by atoms with Gasteiger partial charge in [0.05, 0.1) is 25.3 Å². The first-order chi connectivity index (χ1) is 7.77. The number of morpholine rings is 1. The predicted octanol–water partition coefficient (Wildman–Crippen LogP) is 1.08. The molecule has 5 nitrogen and oxygen atoms in total. The normalized spacial score (nSPS) is 28.4. The molecule has 2 unspecified atom stereocenters. The quantitative estimate of drug-likeness (QED) is 0.796. The van der Waals surface area contributed by atoms with Crippen LogP contribution in [0.15, 0.2) is 6.33 Å². The Kier molecular flexibility index (Phi) is 2.37. The van der Waals surface area contributed by atoms with E-state index in [-0.39, 0.29) is 0 Å². The standard InChI is InChI=1S/C10H13ClN4O/c11-8-9(12)13-5-14-10(8)15-6-1-2-7(15)4-16-3-6/h5-7H,1-4H2,(H2,12,13,14). The second-order valence-electron chi connectivity index (χ2n) is 4.23. The van der Waals surface area contributed by atoms with Crippen molar-refractivity contribution in [2.75, 3.05) is 23.8 Å². The van der Waals surface area contributed by atoms with Crippen molar-refractivity contribution < 1.29 is 4.74 Å². The maximum atomic E-state index is 6.15. The fourth-order valence-corrected chi connectivity index (χ4v) is 2.72. The van der Waals surface area contributed by atoms with Crippen molar-refractivity contribution >= 4 is 23.2 Å². The molecule has 2 fully saturated rings. The molecule has 2 aliphatic rings. The Morgan fingerprint density at radius 1 is 1.31 bits per heavy atom. The molecule has 16 heavy (non-hydrogen) atoms. The first-order valence-corrected chi connectivity index (χ1v) is 5.77. The van der Waals surface area contributed by atoms with E-state index < -0.39 is 0 Å². The number of aromatic nitrogens is 2. The monoisotopic (exact) mass is 240 g/mol. The molecular weight excluding hydrogens is 228 g/mol. The Hall–Kier alpha value is -1.07. The van der Waals surface area contributed by atoms with Gasteiger partial charge in [-0.1, -0.05) is 11.6 Å². The maximum Gasteiger partial charge on any atom is 0.153 e. The van der Waals surface area contributed by atoms with Crippen LogP contribution in [0.5, 0.6) is 0 Å². The Morgan fingerprint density at radius 2 is 2.00 bits per heavy atom. The first kappa shape index (κ1) is 10.1. The second-order valence-corrected chi connectivity index (χ2v) is 4.60. The summed E-state index contributed by atoms with van der Waals surface area (Å²) in [5, 5.41) is 0.460. The van der Waals surface area contributed by atoms with Gasteiger partial charge in [0.15, 0.2) is 5.82 Å². The second kappa shape index (κ2) is 3.75. The van der Waals surface area contributed by atoms with E-state index in [1.807, 2.05) is 0 Å². The van der Waals surface area contributed by atoms with E-state index in [0.717, 1.165) is 31.9 Å². The largest absolute Gasteiger partial charge is 0.382 e. The average molecular weight is 241 g/mol. The molecule has 2 aliphatic heterocycles. The molecule has 0 radical (unpaired) electrons. The van der Waals surface area contributed by atoms with Crippen molar-refractivity contribution in [3.63, 3.8) is 0 Å². The predicted molar refractivity (Wildman–Crippen MR) is 61.6 cm³/mol. The van der Waals surface area contributed by atoms with Gasteiger partial charge >= 0.3 is 0 Å². The molecule has 3 rings (SSSR count). The molecule has 0 amide bonds. The van der Waals surface area contributed by atoms with Crippen LogP contribution in [0.1, 0.15) is 12.8 Å². The van der Waals surface area contributed by atoms with Gasteiger partial charge < -0.3 is 15.4 Å². The van der Waals surface area contributed by atoms with Gasteiger partial charge in [-0.15, -0.1) is 0 Å². The van der Waals surface area contributed by atoms with E-state index in [2.05, 4.69) is 14.9 Å². The lowest BCUT2D eigenvalue weighted by molar-refractivity contribution is 0.0902. The summed E-state index contributed by atoms with van der Waals surface area (Å²) in [5.41, 5.74) is 5.70. The summed E-state index contributed by atoms with van der Waals surface area (Å²) in [6.45, 7) is 1.49. The van der Waals surface area contributed by atoms with E-state index >= 15 is 0 Å². The first-order valence-electron chi connectivity index (χ1n) is 5.39. The molecule has 86 valence electrons. The van der Waals surface area contributed by atoms with Crippen molar-refractivity contribution in [2.45, 2.75) is 24.9 Å². The Morgan fingerprint density at radius 3 is 2.69 bits per heavy atom. The van der Waals surface area contributed by atoms with E-state index in [4.69, 9.17) is 22.1 Å². The molecule has 0 aliphatic carbocycles. The smallest absolute Gasteiger partial charge is 0.153 e. The van der Waals surface area contributed by atoms with Crippen molar-refractivity contribution in [2.24, 2.45) is 0 Å². The van der Waals surface area contributed by atoms with E-state index in [1.54, 1.807) is 0 Å². The highest BCUT2D eigenvalue weighted by atomic mass is 35.5. The molecule has 1 aromatic rings. The highest BCUT2D eigenvalue weighted by Gasteiger charge is 2.39. The SMILES string of the molecule is Nc1ncnc(N2C3CCC2COC3)c1Cl. The summed E-state index contributed by atoms with van der Waals surface area (Å²) in [5.74, 6) is 1.10. The van der Waals surface area contributed by atoms with Gasteiger partial charge in [0, 0.05) is 0 Å². The number of fused-ring (bicyclic) bond motifs is 2. The van der Waals surface area contributed by atoms with Gasteiger partial charge in [0.2, 0.25) is 0 Å². The molecule has 2 saturated heterocycles. The summed E-state index contributed by atoms with van der Waals surface area (Å²) < 4.78 is 5.52. The van der Waals surface area contributed by atoms with Crippen LogP contribution in [0, 0.1) is 0 Å². The molecule has 6 heteroatoms. The van der Waals surface area contributed by atoms with Gasteiger partial charge in [0.1, 0.15) is 17.2 Å². The molecule has 2 N–H and O–H groups in total. The highest BCUT2D eigenvalue weighted by molar-refractivity contribution is 6.35. The molecule has 0 saturated carbocycles. The Labute approximate surface area is 98.6 Å². The molecule has 2 bridgehead atoms. The van der Waals surface area contributed by atoms with Gasteiger partial charge in [-0.05, 0) is 12.8 Å². The minimum atomic E-state index is 0.345. The number of nitrogens with zero attached hydrogens (tertiary/aromatic N) is 3. The number of nitrogen functional groups attached to an aromatic ring is 1. The van der Waals surface area contributed by atoms with Gasteiger partial charge in [-0.3, -0.25) is 0 Å². The molecular formula is C10H13ClN4O. The zero-order chi connectivity index (χ0) is 11.1. The summed E-state index contributed by atoms with van der Waals surface area (Å²) in [4.78, 5) is 10.4. The summed E-state index contributed by atoms with van der Waals surface area (Å²) in [7, 11) is 0. The van der Waals surface area contributed by atoms with E-state index in [1.165, 1.54) is 6.33 Å². The number of rotatable bonds is 1. The van der Waals surface area contributed by atoms with Crippen LogP contribution in [0.2, 0.25) is 5.02 Å². The summed E-state index contributed by atoms with van der Waals surface area (Å²) in [6, 6.07) is 0.760. The molecule has 0 aromatic carbocycles. The van der Waals surface area contributed by atoms with Crippen LogP contribution in [-0.2, 0) is 4.74 Å². The Bertz CT molecular complexity index is 398. The minimum Gasteiger partial charge on any atom is -0.382 e. The number of hydrogen-bond acceptors (Lipinski definition) is 5. The van der Waals surface area contributed by atoms with Crippen molar-refractivity contribution in [3.05, 3.63) is 11.3 Å². The third kappa shape index (κ3) is 1.43. The van der Waals surface area contributed by atoms with Crippen molar-refractivity contribution in [1.29, 1.82) is 0 Å². The van der Waals surface area contributed by atoms with Gasteiger partial charge in [-0.25, -0.2) is 9.97 Å². The average Bonchev–Trinajstić information content (AvgIpc) is 2.54. The maximum absolute atomic E-state index is 6.15. The Balaban J connectivity index is 2.00. The zero-order valence-electron chi connectivity index (χ0n) is 8.77. The van der Waals surface area contributed by atoms with Gasteiger partial charge in [-0.2, -0.15) is 0 Å². The van der Waals surface area contributed by atoms with Crippen LogP contribution < -0.4 is 10.6 Å². The third-order valence-corrected chi connectivity index (χ3v) is 3.65. The number of anilines is 2. The van der Waals surface area contributed by atoms with Crippen LogP contribution >= 0.6 is 11.6 Å². The topological polar surface area (TPSA) is 64.3 Å².